The van der Waals surface area contributed by atoms with Gasteiger partial charge in [-0.2, -0.15) is 0 Å². The molecule has 0 spiro atoms. The highest BCUT2D eigenvalue weighted by molar-refractivity contribution is 5.99. The van der Waals surface area contributed by atoms with Crippen molar-refractivity contribution < 1.29 is 9.59 Å². The Morgan fingerprint density at radius 2 is 1.46 bits per heavy atom. The first kappa shape index (κ1) is 20.2. The molecule has 0 saturated heterocycles. The first-order valence-corrected chi connectivity index (χ1v) is 8.75. The van der Waals surface area contributed by atoms with E-state index in [1.54, 1.807) is 24.3 Å². The molecule has 1 unspecified atom stereocenters. The van der Waals surface area contributed by atoms with Crippen molar-refractivity contribution in [2.75, 3.05) is 13.1 Å². The average Bonchev–Trinajstić information content (AvgIpc) is 2.48. The van der Waals surface area contributed by atoms with Crippen LogP contribution in [0.15, 0.2) is 24.3 Å². The van der Waals surface area contributed by atoms with Crippen LogP contribution in [0.5, 0.6) is 0 Å². The van der Waals surface area contributed by atoms with Gasteiger partial charge in [0.05, 0.1) is 0 Å². The number of hydrogen-bond donors (Lipinski definition) is 2. The van der Waals surface area contributed by atoms with Crippen molar-refractivity contribution in [3.05, 3.63) is 35.4 Å². The van der Waals surface area contributed by atoms with Crippen LogP contribution in [0.4, 0.5) is 0 Å². The van der Waals surface area contributed by atoms with Crippen LogP contribution in [0, 0.1) is 17.3 Å². The number of rotatable bonds is 7. The molecule has 2 N–H and O–H groups in total. The predicted octanol–water partition coefficient (Wildman–Crippen LogP) is 3.87. The highest BCUT2D eigenvalue weighted by Crippen LogP contribution is 2.23. The first-order valence-electron chi connectivity index (χ1n) is 8.75. The molecule has 4 heteroatoms. The lowest BCUT2D eigenvalue weighted by Crippen LogP contribution is -2.30. The topological polar surface area (TPSA) is 58.2 Å². The van der Waals surface area contributed by atoms with Gasteiger partial charge in [0.2, 0.25) is 0 Å². The van der Waals surface area contributed by atoms with E-state index in [9.17, 15) is 9.59 Å². The number of nitrogens with one attached hydrogen (secondary N) is 2. The molecule has 0 saturated carbocycles. The molecule has 0 radical (unpaired) electrons. The fourth-order valence-electron chi connectivity index (χ4n) is 2.69. The van der Waals surface area contributed by atoms with Crippen LogP contribution in [0.25, 0.3) is 0 Å². The summed E-state index contributed by atoms with van der Waals surface area (Å²) in [6.45, 7) is 14.1. The van der Waals surface area contributed by atoms with E-state index in [0.717, 1.165) is 6.42 Å². The van der Waals surface area contributed by atoms with Crippen LogP contribution in [0.2, 0.25) is 0 Å². The first-order chi connectivity index (χ1) is 11.1. The Bertz CT molecular complexity index is 559. The molecule has 0 heterocycles. The maximum Gasteiger partial charge on any atom is 0.251 e. The molecule has 24 heavy (non-hydrogen) atoms. The van der Waals surface area contributed by atoms with Gasteiger partial charge < -0.3 is 10.6 Å². The Morgan fingerprint density at radius 3 is 1.92 bits per heavy atom. The van der Waals surface area contributed by atoms with E-state index in [1.165, 1.54) is 0 Å². The standard InChI is InChI=1S/C20H32N2O2/c1-14(2)12-21-18(23)16-8-7-9-17(10-16)19(24)22-13-15(3)11-20(4,5)6/h7-10,14-15H,11-13H2,1-6H3,(H,21,23)(H,22,24). The predicted molar refractivity (Wildman–Crippen MR) is 99.2 cm³/mol. The van der Waals surface area contributed by atoms with Crippen molar-refractivity contribution in [3.8, 4) is 0 Å². The second-order valence-electron chi connectivity index (χ2n) is 8.26. The highest BCUT2D eigenvalue weighted by atomic mass is 16.2. The molecule has 1 rings (SSSR count). The average molecular weight is 332 g/mol. The van der Waals surface area contributed by atoms with Gasteiger partial charge >= 0.3 is 0 Å². The van der Waals surface area contributed by atoms with Crippen LogP contribution >= 0.6 is 0 Å². The van der Waals surface area contributed by atoms with Crippen molar-refractivity contribution in [3.63, 3.8) is 0 Å². The van der Waals surface area contributed by atoms with E-state index in [2.05, 4.69) is 38.3 Å². The van der Waals surface area contributed by atoms with Gasteiger partial charge in [0.25, 0.3) is 11.8 Å². The molecule has 1 atom stereocenters. The number of carbonyl (C=O) groups is 2. The minimum atomic E-state index is -0.139. The SMILES string of the molecule is CC(C)CNC(=O)c1cccc(C(=O)NCC(C)CC(C)(C)C)c1. The maximum absolute atomic E-state index is 12.3. The smallest absolute Gasteiger partial charge is 0.251 e. The molecule has 0 aliphatic rings. The second kappa shape index (κ2) is 8.86. The van der Waals surface area contributed by atoms with E-state index in [4.69, 9.17) is 0 Å². The Kier molecular flexibility index (Phi) is 7.46. The van der Waals surface area contributed by atoms with Crippen molar-refractivity contribution in [1.29, 1.82) is 0 Å². The lowest BCUT2D eigenvalue weighted by molar-refractivity contribution is 0.0944. The van der Waals surface area contributed by atoms with Gasteiger partial charge in [0.15, 0.2) is 0 Å². The van der Waals surface area contributed by atoms with Crippen molar-refractivity contribution >= 4 is 11.8 Å². The van der Waals surface area contributed by atoms with Gasteiger partial charge in [-0.1, -0.05) is 47.6 Å². The van der Waals surface area contributed by atoms with Gasteiger partial charge in [-0.25, -0.2) is 0 Å². The summed E-state index contributed by atoms with van der Waals surface area (Å²) >= 11 is 0. The molecule has 2 amide bonds. The number of amides is 2. The summed E-state index contributed by atoms with van der Waals surface area (Å²) in [6.07, 6.45) is 1.05. The number of hydrogen-bond acceptors (Lipinski definition) is 2. The maximum atomic E-state index is 12.3. The molecule has 0 aliphatic carbocycles. The summed E-state index contributed by atoms with van der Waals surface area (Å²) in [5, 5.41) is 5.84. The Morgan fingerprint density at radius 1 is 0.958 bits per heavy atom. The van der Waals surface area contributed by atoms with E-state index >= 15 is 0 Å². The molecule has 1 aromatic rings. The van der Waals surface area contributed by atoms with Crippen LogP contribution in [-0.4, -0.2) is 24.9 Å². The van der Waals surface area contributed by atoms with Crippen molar-refractivity contribution in [1.82, 2.24) is 10.6 Å². The quantitative estimate of drug-likeness (QED) is 0.796. The molecule has 134 valence electrons. The summed E-state index contributed by atoms with van der Waals surface area (Å²) in [5.74, 6) is 0.532. The van der Waals surface area contributed by atoms with Crippen molar-refractivity contribution in [2.24, 2.45) is 17.3 Å². The van der Waals surface area contributed by atoms with Crippen LogP contribution in [-0.2, 0) is 0 Å². The lowest BCUT2D eigenvalue weighted by Gasteiger charge is -2.23. The minimum Gasteiger partial charge on any atom is -0.352 e. The Balaban J connectivity index is 2.62. The summed E-state index contributed by atoms with van der Waals surface area (Å²) in [4.78, 5) is 24.4. The zero-order valence-corrected chi connectivity index (χ0v) is 15.9. The number of carbonyl (C=O) groups excluding carboxylic acids is 2. The van der Waals surface area contributed by atoms with E-state index in [-0.39, 0.29) is 17.2 Å². The third kappa shape index (κ3) is 7.62. The van der Waals surface area contributed by atoms with Crippen molar-refractivity contribution in [2.45, 2.75) is 48.0 Å². The van der Waals surface area contributed by atoms with E-state index in [0.29, 0.717) is 36.1 Å². The highest BCUT2D eigenvalue weighted by Gasteiger charge is 2.16. The zero-order chi connectivity index (χ0) is 18.3. The van der Waals surface area contributed by atoms with Gasteiger partial charge in [0.1, 0.15) is 0 Å². The molecular weight excluding hydrogens is 300 g/mol. The molecule has 1 aromatic carbocycles. The van der Waals surface area contributed by atoms with Gasteiger partial charge in [-0.3, -0.25) is 9.59 Å². The van der Waals surface area contributed by atoms with Crippen LogP contribution < -0.4 is 10.6 Å². The summed E-state index contributed by atoms with van der Waals surface area (Å²) < 4.78 is 0. The Labute approximate surface area is 146 Å². The zero-order valence-electron chi connectivity index (χ0n) is 15.9. The normalized spacial score (nSPS) is 12.8. The molecule has 0 bridgehead atoms. The summed E-state index contributed by atoms with van der Waals surface area (Å²) in [6, 6.07) is 6.87. The fourth-order valence-corrected chi connectivity index (χ4v) is 2.69. The van der Waals surface area contributed by atoms with Crippen LogP contribution in [0.1, 0.15) is 68.7 Å². The largest absolute Gasteiger partial charge is 0.352 e. The molecule has 0 aliphatic heterocycles. The van der Waals surface area contributed by atoms with Gasteiger partial charge in [-0.05, 0) is 41.9 Å². The molecule has 0 aromatic heterocycles. The third-order valence-electron chi connectivity index (χ3n) is 3.63. The number of benzene rings is 1. The lowest BCUT2D eigenvalue weighted by atomic mass is 9.85. The fraction of sp³-hybridized carbons (Fsp3) is 0.600. The monoisotopic (exact) mass is 332 g/mol. The Hall–Kier alpha value is -1.84. The molecule has 4 nitrogen and oxygen atoms in total. The van der Waals surface area contributed by atoms with E-state index < -0.39 is 0 Å². The minimum absolute atomic E-state index is 0.130. The molecule has 0 fully saturated rings. The second-order valence-corrected chi connectivity index (χ2v) is 8.26. The van der Waals surface area contributed by atoms with Gasteiger partial charge in [0, 0.05) is 24.2 Å². The summed E-state index contributed by atoms with van der Waals surface area (Å²) in [5.41, 5.74) is 1.29. The van der Waals surface area contributed by atoms with Gasteiger partial charge in [-0.15, -0.1) is 0 Å². The van der Waals surface area contributed by atoms with E-state index in [1.807, 2.05) is 13.8 Å². The summed E-state index contributed by atoms with van der Waals surface area (Å²) in [7, 11) is 0. The molecular formula is C20H32N2O2. The van der Waals surface area contributed by atoms with Crippen LogP contribution in [0.3, 0.4) is 0 Å². The third-order valence-corrected chi connectivity index (χ3v) is 3.63.